The summed E-state index contributed by atoms with van der Waals surface area (Å²) in [5.74, 6) is -0.787. The van der Waals surface area contributed by atoms with Crippen LogP contribution in [0.25, 0.3) is 22.0 Å². The number of nitrogens with one attached hydrogen (secondary N) is 3. The summed E-state index contributed by atoms with van der Waals surface area (Å²) in [5, 5.41) is 9.54. The van der Waals surface area contributed by atoms with E-state index < -0.39 is 17.6 Å². The molecule has 0 unspecified atom stereocenters. The normalized spacial score (nSPS) is 11.2. The molecule has 0 bridgehead atoms. The number of anilines is 2. The molecule has 0 radical (unpaired) electrons. The first-order valence-electron chi connectivity index (χ1n) is 14.7. The molecule has 236 valence electrons. The van der Waals surface area contributed by atoms with E-state index in [-0.39, 0.29) is 5.91 Å². The van der Waals surface area contributed by atoms with Crippen LogP contribution in [0, 0.1) is 0 Å². The smallest absolute Gasteiger partial charge is 0.407 e. The van der Waals surface area contributed by atoms with Crippen LogP contribution in [0.4, 0.5) is 16.2 Å². The van der Waals surface area contributed by atoms with Crippen LogP contribution in [0.5, 0.6) is 0 Å². The van der Waals surface area contributed by atoms with Crippen molar-refractivity contribution in [3.63, 3.8) is 0 Å². The molecule has 4 rings (SSSR count). The molecule has 0 aliphatic rings. The van der Waals surface area contributed by atoms with Crippen molar-refractivity contribution in [2.75, 3.05) is 44.8 Å². The Bertz CT molecular complexity index is 1600. The number of alkyl carbamates (subject to hydrolysis) is 1. The highest BCUT2D eigenvalue weighted by Gasteiger charge is 2.16. The molecule has 0 saturated heterocycles. The molecule has 3 amide bonds. The van der Waals surface area contributed by atoms with Crippen LogP contribution < -0.4 is 21.7 Å². The van der Waals surface area contributed by atoms with Gasteiger partial charge < -0.3 is 35.9 Å². The topological polar surface area (TPSA) is 154 Å². The summed E-state index contributed by atoms with van der Waals surface area (Å²) < 4.78 is 16.1. The second-order valence-electron chi connectivity index (χ2n) is 11.1. The highest BCUT2D eigenvalue weighted by molar-refractivity contribution is 6.08. The number of carbonyl (C=O) groups is 3. The fraction of sp³-hybridized carbons (Fsp3) is 0.294. The van der Waals surface area contributed by atoms with E-state index in [0.717, 1.165) is 22.2 Å². The fourth-order valence-electron chi connectivity index (χ4n) is 4.37. The first-order chi connectivity index (χ1) is 21.6. The lowest BCUT2D eigenvalue weighted by atomic mass is 10.00. The molecule has 11 heteroatoms. The summed E-state index contributed by atoms with van der Waals surface area (Å²) in [6, 6.07) is 22.6. The maximum absolute atomic E-state index is 12.6. The van der Waals surface area contributed by atoms with Gasteiger partial charge in [-0.15, -0.1) is 0 Å². The Morgan fingerprint density at radius 2 is 1.44 bits per heavy atom. The average molecular weight is 614 g/mol. The number of nitrogens with zero attached hydrogens (tertiary/aromatic N) is 1. The number of carbonyl (C=O) groups excluding carboxylic acids is 3. The Hall–Kier alpha value is -5.00. The number of primary amides is 1. The lowest BCUT2D eigenvalue weighted by Gasteiger charge is -2.19. The average Bonchev–Trinajstić information content (AvgIpc) is 3.01. The van der Waals surface area contributed by atoms with E-state index in [1.165, 1.54) is 6.20 Å². The van der Waals surface area contributed by atoms with Gasteiger partial charge in [-0.25, -0.2) is 4.79 Å². The minimum atomic E-state index is -0.577. The second kappa shape index (κ2) is 15.6. The van der Waals surface area contributed by atoms with E-state index >= 15 is 0 Å². The first-order valence-corrected chi connectivity index (χ1v) is 14.7. The summed E-state index contributed by atoms with van der Waals surface area (Å²) in [6.07, 6.45) is 1.00. The third-order valence-electron chi connectivity index (χ3n) is 6.48. The van der Waals surface area contributed by atoms with Crippen molar-refractivity contribution >= 4 is 40.2 Å². The standard InChI is InChI=1S/C34H39N5O6/c1-34(2,3)45-33(42)37-16-18-44-20-19-43-17-15-36-32(41)24-11-9-23(10-12-24)25-13-14-29-27(21-25)30(28(22-38-29)31(35)40)39-26-7-5-4-6-8-26/h4-14,21-22H,15-20H2,1-3H3,(H2,35,40)(H,36,41)(H,37,42)(H,38,39). The molecule has 0 atom stereocenters. The number of ether oxygens (including phenoxy) is 3. The summed E-state index contributed by atoms with van der Waals surface area (Å²) in [6.45, 7) is 7.49. The molecule has 0 aliphatic carbocycles. The quantitative estimate of drug-likeness (QED) is 0.144. The maximum Gasteiger partial charge on any atom is 0.407 e. The van der Waals surface area contributed by atoms with Crippen LogP contribution in [-0.4, -0.2) is 68.0 Å². The van der Waals surface area contributed by atoms with Crippen molar-refractivity contribution in [3.05, 3.63) is 90.1 Å². The van der Waals surface area contributed by atoms with Crippen LogP contribution in [0.3, 0.4) is 0 Å². The minimum Gasteiger partial charge on any atom is -0.444 e. The van der Waals surface area contributed by atoms with Gasteiger partial charge in [-0.2, -0.15) is 0 Å². The Morgan fingerprint density at radius 3 is 2.09 bits per heavy atom. The summed E-state index contributed by atoms with van der Waals surface area (Å²) in [7, 11) is 0. The van der Waals surface area contributed by atoms with Gasteiger partial charge in [0.25, 0.3) is 11.8 Å². The van der Waals surface area contributed by atoms with Crippen LogP contribution in [0.1, 0.15) is 41.5 Å². The van der Waals surface area contributed by atoms with E-state index in [1.54, 1.807) is 32.9 Å². The van der Waals surface area contributed by atoms with Crippen LogP contribution in [0.15, 0.2) is 79.0 Å². The molecule has 1 aromatic heterocycles. The van der Waals surface area contributed by atoms with Crippen molar-refractivity contribution in [2.45, 2.75) is 26.4 Å². The lowest BCUT2D eigenvalue weighted by molar-refractivity contribution is 0.0400. The minimum absolute atomic E-state index is 0.210. The Morgan fingerprint density at radius 1 is 0.800 bits per heavy atom. The maximum atomic E-state index is 12.6. The molecule has 11 nitrogen and oxygen atoms in total. The number of fused-ring (bicyclic) bond motifs is 1. The molecule has 0 fully saturated rings. The van der Waals surface area contributed by atoms with Gasteiger partial charge >= 0.3 is 6.09 Å². The Labute approximate surface area is 262 Å². The van der Waals surface area contributed by atoms with E-state index in [4.69, 9.17) is 19.9 Å². The van der Waals surface area contributed by atoms with Gasteiger partial charge in [0.1, 0.15) is 5.60 Å². The molecule has 0 aliphatic heterocycles. The van der Waals surface area contributed by atoms with Crippen molar-refractivity contribution in [1.82, 2.24) is 15.6 Å². The van der Waals surface area contributed by atoms with Gasteiger partial charge in [-0.05, 0) is 68.3 Å². The summed E-state index contributed by atoms with van der Waals surface area (Å²) in [5.41, 5.74) is 9.84. The predicted octanol–water partition coefficient (Wildman–Crippen LogP) is 5.03. The van der Waals surface area contributed by atoms with Crippen LogP contribution >= 0.6 is 0 Å². The molecule has 0 saturated carbocycles. The largest absolute Gasteiger partial charge is 0.444 e. The second-order valence-corrected chi connectivity index (χ2v) is 11.1. The third-order valence-corrected chi connectivity index (χ3v) is 6.48. The monoisotopic (exact) mass is 613 g/mol. The number of hydrogen-bond donors (Lipinski definition) is 4. The summed E-state index contributed by atoms with van der Waals surface area (Å²) >= 11 is 0. The number of para-hydroxylation sites is 1. The summed E-state index contributed by atoms with van der Waals surface area (Å²) in [4.78, 5) is 40.9. The zero-order valence-electron chi connectivity index (χ0n) is 25.7. The zero-order chi connectivity index (χ0) is 32.2. The number of amides is 3. The van der Waals surface area contributed by atoms with Gasteiger partial charge in [-0.1, -0.05) is 36.4 Å². The molecule has 4 aromatic rings. The van der Waals surface area contributed by atoms with Crippen molar-refractivity contribution in [1.29, 1.82) is 0 Å². The molecule has 5 N–H and O–H groups in total. The first kappa shape index (κ1) is 32.9. The molecule has 45 heavy (non-hydrogen) atoms. The van der Waals surface area contributed by atoms with Crippen LogP contribution in [0.2, 0.25) is 0 Å². The Kier molecular flexibility index (Phi) is 11.4. The molecular weight excluding hydrogens is 574 g/mol. The van der Waals surface area contributed by atoms with Crippen molar-refractivity contribution in [2.24, 2.45) is 5.73 Å². The number of nitrogens with two attached hydrogens (primary N) is 1. The van der Waals surface area contributed by atoms with Gasteiger partial charge in [0.05, 0.1) is 43.2 Å². The number of benzene rings is 3. The SMILES string of the molecule is CC(C)(C)OC(=O)NCCOCCOCCNC(=O)c1ccc(-c2ccc3ncc(C(N)=O)c(Nc4ccccc4)c3c2)cc1. The fourth-order valence-corrected chi connectivity index (χ4v) is 4.37. The third kappa shape index (κ3) is 10.0. The predicted molar refractivity (Wildman–Crippen MR) is 174 cm³/mol. The van der Waals surface area contributed by atoms with Crippen LogP contribution in [-0.2, 0) is 14.2 Å². The molecule has 3 aromatic carbocycles. The van der Waals surface area contributed by atoms with Gasteiger partial charge in [0.15, 0.2) is 0 Å². The zero-order valence-corrected chi connectivity index (χ0v) is 25.7. The number of hydrogen-bond acceptors (Lipinski definition) is 8. The van der Waals surface area contributed by atoms with Gasteiger partial charge in [-0.3, -0.25) is 14.6 Å². The molecule has 1 heterocycles. The number of rotatable bonds is 14. The van der Waals surface area contributed by atoms with E-state index in [1.807, 2.05) is 60.7 Å². The van der Waals surface area contributed by atoms with Crippen molar-refractivity contribution in [3.8, 4) is 11.1 Å². The Balaban J connectivity index is 1.26. The molecular formula is C34H39N5O6. The van der Waals surface area contributed by atoms with Crippen molar-refractivity contribution < 1.29 is 28.6 Å². The number of aromatic nitrogens is 1. The van der Waals surface area contributed by atoms with E-state index in [9.17, 15) is 14.4 Å². The van der Waals surface area contributed by atoms with Gasteiger partial charge in [0.2, 0.25) is 0 Å². The highest BCUT2D eigenvalue weighted by atomic mass is 16.6. The van der Waals surface area contributed by atoms with Gasteiger partial charge in [0, 0.05) is 35.9 Å². The highest BCUT2D eigenvalue weighted by Crippen LogP contribution is 2.32. The molecule has 0 spiro atoms. The van der Waals surface area contributed by atoms with E-state index in [2.05, 4.69) is 20.9 Å². The lowest BCUT2D eigenvalue weighted by Crippen LogP contribution is -2.34. The number of pyridine rings is 1. The van der Waals surface area contributed by atoms with E-state index in [0.29, 0.717) is 61.8 Å².